The minimum atomic E-state index is -0.590. The predicted octanol–water partition coefficient (Wildman–Crippen LogP) is 1.89. The normalized spacial score (nSPS) is 9.71. The molecule has 0 radical (unpaired) electrons. The second kappa shape index (κ2) is 5.90. The van der Waals surface area contributed by atoms with Gasteiger partial charge in [-0.3, -0.25) is 4.79 Å². The molecule has 17 heavy (non-hydrogen) atoms. The van der Waals surface area contributed by atoms with Crippen molar-refractivity contribution in [2.75, 3.05) is 18.8 Å². The third-order valence-corrected chi connectivity index (χ3v) is 2.31. The van der Waals surface area contributed by atoms with Crippen molar-refractivity contribution in [3.05, 3.63) is 29.6 Å². The van der Waals surface area contributed by atoms with Crippen LogP contribution in [-0.2, 0) is 0 Å². The average molecular weight is 234 g/mol. The van der Waals surface area contributed by atoms with E-state index in [1.807, 2.05) is 6.92 Å². The van der Waals surface area contributed by atoms with Crippen molar-refractivity contribution in [3.8, 4) is 12.3 Å². The quantitative estimate of drug-likeness (QED) is 0.638. The fourth-order valence-electron chi connectivity index (χ4n) is 1.48. The summed E-state index contributed by atoms with van der Waals surface area (Å²) in [6.07, 6.45) is 5.99. The first-order valence-electron chi connectivity index (χ1n) is 5.38. The van der Waals surface area contributed by atoms with Gasteiger partial charge in [-0.1, -0.05) is 12.8 Å². The number of hydrogen-bond acceptors (Lipinski definition) is 2. The molecule has 0 saturated heterocycles. The Kier molecular flexibility index (Phi) is 4.53. The zero-order chi connectivity index (χ0) is 12.8. The summed E-state index contributed by atoms with van der Waals surface area (Å²) in [6, 6.07) is 4.01. The van der Waals surface area contributed by atoms with Crippen molar-refractivity contribution in [2.24, 2.45) is 0 Å². The smallest absolute Gasteiger partial charge is 0.254 e. The average Bonchev–Trinajstić information content (AvgIpc) is 2.31. The van der Waals surface area contributed by atoms with Crippen LogP contribution < -0.4 is 5.73 Å². The topological polar surface area (TPSA) is 46.3 Å². The first kappa shape index (κ1) is 13.0. The highest BCUT2D eigenvalue weighted by Crippen LogP contribution is 2.13. The van der Waals surface area contributed by atoms with Gasteiger partial charge in [-0.05, 0) is 24.6 Å². The van der Waals surface area contributed by atoms with Gasteiger partial charge in [0.05, 0.1) is 12.2 Å². The van der Waals surface area contributed by atoms with Gasteiger partial charge in [0, 0.05) is 12.1 Å². The first-order chi connectivity index (χ1) is 8.10. The number of nitrogens with zero attached hydrogens (tertiary/aromatic N) is 1. The zero-order valence-corrected chi connectivity index (χ0v) is 9.74. The van der Waals surface area contributed by atoms with Crippen molar-refractivity contribution in [2.45, 2.75) is 13.3 Å². The number of rotatable bonds is 4. The van der Waals surface area contributed by atoms with E-state index in [0.717, 1.165) is 12.5 Å². The van der Waals surface area contributed by atoms with Crippen LogP contribution in [0.5, 0.6) is 0 Å². The van der Waals surface area contributed by atoms with E-state index in [-0.39, 0.29) is 23.7 Å². The number of terminal acetylenes is 1. The minimum Gasteiger partial charge on any atom is -0.396 e. The fourth-order valence-corrected chi connectivity index (χ4v) is 1.48. The van der Waals surface area contributed by atoms with Crippen molar-refractivity contribution >= 4 is 11.6 Å². The lowest BCUT2D eigenvalue weighted by Gasteiger charge is -2.19. The molecule has 0 aliphatic carbocycles. The van der Waals surface area contributed by atoms with E-state index in [0.29, 0.717) is 6.54 Å². The molecule has 1 amide bonds. The Bertz CT molecular complexity index is 451. The molecule has 90 valence electrons. The highest BCUT2D eigenvalue weighted by molar-refractivity contribution is 5.94. The van der Waals surface area contributed by atoms with Crippen LogP contribution in [-0.4, -0.2) is 23.9 Å². The van der Waals surface area contributed by atoms with Gasteiger partial charge >= 0.3 is 0 Å². The molecule has 1 rings (SSSR count). The van der Waals surface area contributed by atoms with Crippen LogP contribution >= 0.6 is 0 Å². The molecular weight excluding hydrogens is 219 g/mol. The van der Waals surface area contributed by atoms with E-state index >= 15 is 0 Å². The van der Waals surface area contributed by atoms with Crippen molar-refractivity contribution in [1.82, 2.24) is 4.90 Å². The Balaban J connectivity index is 2.93. The highest BCUT2D eigenvalue weighted by atomic mass is 19.1. The Morgan fingerprint density at radius 1 is 1.59 bits per heavy atom. The van der Waals surface area contributed by atoms with Crippen LogP contribution in [0.15, 0.2) is 18.2 Å². The van der Waals surface area contributed by atoms with Gasteiger partial charge in [0.15, 0.2) is 0 Å². The molecule has 0 aliphatic rings. The molecule has 3 nitrogen and oxygen atoms in total. The summed E-state index contributed by atoms with van der Waals surface area (Å²) in [4.78, 5) is 13.5. The van der Waals surface area contributed by atoms with Gasteiger partial charge < -0.3 is 10.6 Å². The molecule has 0 atom stereocenters. The molecule has 0 aromatic heterocycles. The standard InChI is InChI=1S/C13H15FN2O/c1-3-7-16(8-4-2)13(17)10-5-6-12(15)11(14)9-10/h1,5-6,9H,4,7-8,15H2,2H3. The first-order valence-corrected chi connectivity index (χ1v) is 5.38. The maximum atomic E-state index is 13.2. The molecule has 4 heteroatoms. The third kappa shape index (κ3) is 3.22. The maximum Gasteiger partial charge on any atom is 0.254 e. The summed E-state index contributed by atoms with van der Waals surface area (Å²) in [7, 11) is 0. The minimum absolute atomic E-state index is 0.0283. The van der Waals surface area contributed by atoms with Crippen LogP contribution in [0, 0.1) is 18.2 Å². The fraction of sp³-hybridized carbons (Fsp3) is 0.308. The second-order valence-corrected chi connectivity index (χ2v) is 3.67. The van der Waals surface area contributed by atoms with Crippen LogP contribution in [0.3, 0.4) is 0 Å². The van der Waals surface area contributed by atoms with Crippen molar-refractivity contribution in [1.29, 1.82) is 0 Å². The second-order valence-electron chi connectivity index (χ2n) is 3.67. The van der Waals surface area contributed by atoms with Crippen molar-refractivity contribution in [3.63, 3.8) is 0 Å². The number of amides is 1. The lowest BCUT2D eigenvalue weighted by atomic mass is 10.1. The molecule has 2 N–H and O–H groups in total. The van der Waals surface area contributed by atoms with E-state index in [4.69, 9.17) is 12.2 Å². The van der Waals surface area contributed by atoms with Crippen LogP contribution in [0.25, 0.3) is 0 Å². The van der Waals surface area contributed by atoms with E-state index in [9.17, 15) is 9.18 Å². The van der Waals surface area contributed by atoms with Crippen molar-refractivity contribution < 1.29 is 9.18 Å². The molecule has 0 fully saturated rings. The lowest BCUT2D eigenvalue weighted by Crippen LogP contribution is -2.32. The van der Waals surface area contributed by atoms with Gasteiger partial charge in [0.1, 0.15) is 5.82 Å². The largest absolute Gasteiger partial charge is 0.396 e. The number of anilines is 1. The van der Waals surface area contributed by atoms with Crippen LogP contribution in [0.2, 0.25) is 0 Å². The van der Waals surface area contributed by atoms with E-state index < -0.39 is 5.82 Å². The number of carbonyl (C=O) groups excluding carboxylic acids is 1. The van der Waals surface area contributed by atoms with Crippen LogP contribution in [0.1, 0.15) is 23.7 Å². The maximum absolute atomic E-state index is 13.2. The number of hydrogen-bond donors (Lipinski definition) is 1. The summed E-state index contributed by atoms with van der Waals surface area (Å²) < 4.78 is 13.2. The molecule has 0 saturated carbocycles. The molecular formula is C13H15FN2O. The Labute approximate surface area is 100 Å². The molecule has 1 aromatic rings. The van der Waals surface area contributed by atoms with E-state index in [1.54, 1.807) is 0 Å². The molecule has 1 aromatic carbocycles. The van der Waals surface area contributed by atoms with Crippen LogP contribution in [0.4, 0.5) is 10.1 Å². The van der Waals surface area contributed by atoms with Gasteiger partial charge in [0.2, 0.25) is 0 Å². The summed E-state index contributed by atoms with van der Waals surface area (Å²) >= 11 is 0. The number of halogens is 1. The monoisotopic (exact) mass is 234 g/mol. The van der Waals surface area contributed by atoms with E-state index in [2.05, 4.69) is 5.92 Å². The van der Waals surface area contributed by atoms with Gasteiger partial charge in [-0.25, -0.2) is 4.39 Å². The lowest BCUT2D eigenvalue weighted by molar-refractivity contribution is 0.0776. The molecule has 0 heterocycles. The summed E-state index contributed by atoms with van der Waals surface area (Å²) in [5, 5.41) is 0. The number of nitrogen functional groups attached to an aromatic ring is 1. The number of benzene rings is 1. The SMILES string of the molecule is C#CCN(CCC)C(=O)c1ccc(N)c(F)c1. The third-order valence-electron chi connectivity index (χ3n) is 2.31. The Morgan fingerprint density at radius 2 is 2.29 bits per heavy atom. The van der Waals surface area contributed by atoms with E-state index in [1.165, 1.54) is 17.0 Å². The number of nitrogens with two attached hydrogens (primary N) is 1. The molecule has 0 spiro atoms. The molecule has 0 aliphatic heterocycles. The van der Waals surface area contributed by atoms with Gasteiger partial charge in [-0.15, -0.1) is 6.42 Å². The molecule has 0 unspecified atom stereocenters. The molecule has 0 bridgehead atoms. The highest BCUT2D eigenvalue weighted by Gasteiger charge is 2.15. The van der Waals surface area contributed by atoms with Gasteiger partial charge in [0.25, 0.3) is 5.91 Å². The number of carbonyl (C=O) groups is 1. The Hall–Kier alpha value is -2.02. The van der Waals surface area contributed by atoms with Gasteiger partial charge in [-0.2, -0.15) is 0 Å². The summed E-state index contributed by atoms with van der Waals surface area (Å²) in [6.45, 7) is 2.72. The summed E-state index contributed by atoms with van der Waals surface area (Å²) in [5.41, 5.74) is 5.64. The zero-order valence-electron chi connectivity index (χ0n) is 9.74. The predicted molar refractivity (Wildman–Crippen MR) is 65.8 cm³/mol. The Morgan fingerprint density at radius 3 is 2.82 bits per heavy atom. The summed E-state index contributed by atoms with van der Waals surface area (Å²) in [5.74, 6) is 1.55.